The molecule has 0 radical (unpaired) electrons. The Morgan fingerprint density at radius 3 is 2.88 bits per heavy atom. The van der Waals surface area contributed by atoms with Gasteiger partial charge in [0, 0.05) is 18.9 Å². The molecule has 0 fully saturated rings. The summed E-state index contributed by atoms with van der Waals surface area (Å²) in [4.78, 5) is 12.6. The van der Waals surface area contributed by atoms with Gasteiger partial charge >= 0.3 is 0 Å². The lowest BCUT2D eigenvalue weighted by atomic mass is 10.3. The summed E-state index contributed by atoms with van der Waals surface area (Å²) in [7, 11) is 0. The Balaban J connectivity index is 2.17. The maximum absolute atomic E-state index is 11.9. The van der Waals surface area contributed by atoms with Gasteiger partial charge in [-0.05, 0) is 30.5 Å². The summed E-state index contributed by atoms with van der Waals surface area (Å²) in [5, 5.41) is 13.7. The van der Waals surface area contributed by atoms with Crippen LogP contribution in [0.1, 0.15) is 16.6 Å². The van der Waals surface area contributed by atoms with E-state index >= 15 is 0 Å². The Morgan fingerprint density at radius 1 is 1.53 bits per heavy atom. The van der Waals surface area contributed by atoms with E-state index in [-0.39, 0.29) is 12.5 Å². The molecule has 1 amide bonds. The molecule has 0 aromatic carbocycles. The molecule has 17 heavy (non-hydrogen) atoms. The van der Waals surface area contributed by atoms with Gasteiger partial charge in [-0.2, -0.15) is 0 Å². The molecule has 90 valence electrons. The van der Waals surface area contributed by atoms with Crippen LogP contribution in [0, 0.1) is 0 Å². The van der Waals surface area contributed by atoms with Crippen molar-refractivity contribution in [2.75, 3.05) is 6.54 Å². The summed E-state index contributed by atoms with van der Waals surface area (Å²) >= 11 is 1.39. The summed E-state index contributed by atoms with van der Waals surface area (Å²) in [6.07, 6.45) is 3.26. The molecule has 2 rings (SSSR count). The van der Waals surface area contributed by atoms with E-state index in [4.69, 9.17) is 5.11 Å². The molecule has 0 spiro atoms. The first kappa shape index (κ1) is 11.9. The number of hydrogen-bond donors (Lipinski definition) is 2. The van der Waals surface area contributed by atoms with Crippen LogP contribution in [0.3, 0.4) is 0 Å². The molecule has 4 nitrogen and oxygen atoms in total. The molecule has 0 aliphatic rings. The van der Waals surface area contributed by atoms with Gasteiger partial charge in [0.25, 0.3) is 5.91 Å². The van der Waals surface area contributed by atoms with Gasteiger partial charge in [0.05, 0.1) is 11.8 Å². The average Bonchev–Trinajstić information content (AvgIpc) is 2.94. The lowest BCUT2D eigenvalue weighted by Gasteiger charge is -2.08. The van der Waals surface area contributed by atoms with E-state index in [0.29, 0.717) is 4.88 Å². The fraction of sp³-hybridized carbons (Fsp3) is 0.250. The number of rotatable bonds is 4. The van der Waals surface area contributed by atoms with Crippen LogP contribution >= 0.6 is 11.3 Å². The van der Waals surface area contributed by atoms with Gasteiger partial charge in [0.15, 0.2) is 0 Å². The lowest BCUT2D eigenvalue weighted by Crippen LogP contribution is -2.30. The van der Waals surface area contributed by atoms with Crippen LogP contribution in [0.15, 0.2) is 36.0 Å². The van der Waals surface area contributed by atoms with E-state index in [0.717, 1.165) is 5.69 Å². The Morgan fingerprint density at radius 2 is 2.24 bits per heavy atom. The summed E-state index contributed by atoms with van der Waals surface area (Å²) in [6.45, 7) is 1.91. The monoisotopic (exact) mass is 250 g/mol. The molecule has 1 unspecified atom stereocenters. The van der Waals surface area contributed by atoms with Crippen molar-refractivity contribution < 1.29 is 9.90 Å². The summed E-state index contributed by atoms with van der Waals surface area (Å²) in [6, 6.07) is 5.73. The highest BCUT2D eigenvalue weighted by Crippen LogP contribution is 2.21. The van der Waals surface area contributed by atoms with Crippen LogP contribution in [0.5, 0.6) is 0 Å². The van der Waals surface area contributed by atoms with Gasteiger partial charge in [-0.25, -0.2) is 0 Å². The minimum absolute atomic E-state index is 0.149. The minimum Gasteiger partial charge on any atom is -0.392 e. The predicted octanol–water partition coefficient (Wildman–Crippen LogP) is 1.65. The molecular weight excluding hydrogens is 236 g/mol. The van der Waals surface area contributed by atoms with E-state index in [2.05, 4.69) is 5.32 Å². The zero-order valence-corrected chi connectivity index (χ0v) is 10.3. The van der Waals surface area contributed by atoms with Crippen molar-refractivity contribution in [3.05, 3.63) is 40.8 Å². The third-order valence-electron chi connectivity index (χ3n) is 2.29. The van der Waals surface area contributed by atoms with Gasteiger partial charge in [-0.15, -0.1) is 11.3 Å². The zero-order chi connectivity index (χ0) is 12.3. The molecule has 0 bridgehead atoms. The molecule has 2 heterocycles. The number of nitrogens with one attached hydrogen (secondary N) is 1. The van der Waals surface area contributed by atoms with Crippen molar-refractivity contribution in [1.82, 2.24) is 9.88 Å². The van der Waals surface area contributed by atoms with Gasteiger partial charge < -0.3 is 15.0 Å². The molecular formula is C12H14N2O2S. The Bertz CT molecular complexity index is 488. The maximum Gasteiger partial charge on any atom is 0.263 e. The van der Waals surface area contributed by atoms with Gasteiger partial charge in [-0.3, -0.25) is 4.79 Å². The number of aliphatic hydroxyl groups excluding tert-OH is 1. The number of nitrogens with zero attached hydrogens (tertiary/aromatic N) is 1. The Labute approximate surface area is 104 Å². The van der Waals surface area contributed by atoms with Gasteiger partial charge in [0.2, 0.25) is 0 Å². The van der Waals surface area contributed by atoms with Crippen LogP contribution in [0.2, 0.25) is 0 Å². The fourth-order valence-electron chi connectivity index (χ4n) is 1.49. The predicted molar refractivity (Wildman–Crippen MR) is 67.7 cm³/mol. The van der Waals surface area contributed by atoms with Crippen molar-refractivity contribution in [2.24, 2.45) is 0 Å². The topological polar surface area (TPSA) is 54.3 Å². The number of carbonyl (C=O) groups is 1. The number of thiophene rings is 1. The first-order valence-electron chi connectivity index (χ1n) is 5.35. The van der Waals surface area contributed by atoms with E-state index in [1.807, 2.05) is 40.5 Å². The molecule has 0 aliphatic carbocycles. The Hall–Kier alpha value is -1.59. The number of amides is 1. The third-order valence-corrected chi connectivity index (χ3v) is 3.19. The lowest BCUT2D eigenvalue weighted by molar-refractivity contribution is 0.0928. The van der Waals surface area contributed by atoms with Crippen LogP contribution in [-0.4, -0.2) is 28.2 Å². The highest BCUT2D eigenvalue weighted by molar-refractivity contribution is 7.12. The standard InChI is InChI=1S/C12H14N2O2S/c1-9(15)8-13-12(16)11-10(4-7-17-11)14-5-2-3-6-14/h2-7,9,15H,8H2,1H3,(H,13,16). The minimum atomic E-state index is -0.533. The largest absolute Gasteiger partial charge is 0.392 e. The second-order valence-electron chi connectivity index (χ2n) is 3.78. The average molecular weight is 250 g/mol. The molecule has 0 saturated carbocycles. The van der Waals surface area contributed by atoms with Crippen molar-refractivity contribution in [3.8, 4) is 5.69 Å². The number of aliphatic hydroxyl groups is 1. The van der Waals surface area contributed by atoms with Crippen molar-refractivity contribution in [1.29, 1.82) is 0 Å². The van der Waals surface area contributed by atoms with Gasteiger partial charge in [0.1, 0.15) is 4.88 Å². The SMILES string of the molecule is CC(O)CNC(=O)c1sccc1-n1cccc1. The van der Waals surface area contributed by atoms with Crippen molar-refractivity contribution >= 4 is 17.2 Å². The quantitative estimate of drug-likeness (QED) is 0.867. The Kier molecular flexibility index (Phi) is 3.61. The number of carbonyl (C=O) groups excluding carboxylic acids is 1. The second kappa shape index (κ2) is 5.16. The number of hydrogen-bond acceptors (Lipinski definition) is 3. The summed E-state index contributed by atoms with van der Waals surface area (Å²) < 4.78 is 1.90. The molecule has 5 heteroatoms. The third kappa shape index (κ3) is 2.75. The molecule has 2 N–H and O–H groups in total. The van der Waals surface area contributed by atoms with E-state index in [1.165, 1.54) is 11.3 Å². The highest BCUT2D eigenvalue weighted by atomic mass is 32.1. The smallest absolute Gasteiger partial charge is 0.263 e. The first-order valence-corrected chi connectivity index (χ1v) is 6.23. The molecule has 1 atom stereocenters. The zero-order valence-electron chi connectivity index (χ0n) is 9.46. The second-order valence-corrected chi connectivity index (χ2v) is 4.70. The van der Waals surface area contributed by atoms with E-state index in [1.54, 1.807) is 6.92 Å². The van der Waals surface area contributed by atoms with E-state index < -0.39 is 6.10 Å². The first-order chi connectivity index (χ1) is 8.18. The van der Waals surface area contributed by atoms with E-state index in [9.17, 15) is 4.79 Å². The maximum atomic E-state index is 11.9. The van der Waals surface area contributed by atoms with Crippen LogP contribution in [-0.2, 0) is 0 Å². The van der Waals surface area contributed by atoms with Crippen LogP contribution in [0.25, 0.3) is 5.69 Å². The van der Waals surface area contributed by atoms with Crippen molar-refractivity contribution in [2.45, 2.75) is 13.0 Å². The van der Waals surface area contributed by atoms with Gasteiger partial charge in [-0.1, -0.05) is 0 Å². The molecule has 0 saturated heterocycles. The summed E-state index contributed by atoms with van der Waals surface area (Å²) in [5.41, 5.74) is 0.864. The highest BCUT2D eigenvalue weighted by Gasteiger charge is 2.14. The molecule has 2 aromatic heterocycles. The van der Waals surface area contributed by atoms with Crippen molar-refractivity contribution in [3.63, 3.8) is 0 Å². The molecule has 2 aromatic rings. The summed E-state index contributed by atoms with van der Waals surface area (Å²) in [5.74, 6) is -0.149. The fourth-order valence-corrected chi connectivity index (χ4v) is 2.30. The van der Waals surface area contributed by atoms with Crippen LogP contribution < -0.4 is 5.32 Å². The molecule has 0 aliphatic heterocycles. The normalized spacial score (nSPS) is 12.4. The number of aromatic nitrogens is 1. The van der Waals surface area contributed by atoms with Crippen LogP contribution in [0.4, 0.5) is 0 Å².